The lowest BCUT2D eigenvalue weighted by molar-refractivity contribution is -0.0108. The maximum Gasteiger partial charge on any atom is 0.432 e. The number of carbonyl (C=O) groups is 1. The molecule has 138 valence electrons. The summed E-state index contributed by atoms with van der Waals surface area (Å²) in [5, 5.41) is 8.78. The molecule has 2 aromatic rings. The van der Waals surface area contributed by atoms with Crippen LogP contribution in [0.5, 0.6) is 5.75 Å². The molecule has 26 heavy (non-hydrogen) atoms. The van der Waals surface area contributed by atoms with Gasteiger partial charge in [-0.05, 0) is 35.4 Å². The van der Waals surface area contributed by atoms with Crippen LogP contribution in [0.3, 0.4) is 0 Å². The van der Waals surface area contributed by atoms with Crippen molar-refractivity contribution in [2.45, 2.75) is 23.5 Å². The minimum Gasteiger partial charge on any atom is -0.497 e. The summed E-state index contributed by atoms with van der Waals surface area (Å²) in [6, 6.07) is 13.1. The van der Waals surface area contributed by atoms with Crippen LogP contribution in [0.25, 0.3) is 0 Å². The molecule has 0 atom stereocenters. The average molecular weight is 378 g/mol. The Kier molecular flexibility index (Phi) is 4.86. The lowest BCUT2D eigenvalue weighted by Crippen LogP contribution is -2.53. The van der Waals surface area contributed by atoms with Gasteiger partial charge >= 0.3 is 6.09 Å². The lowest BCUT2D eigenvalue weighted by Gasteiger charge is -2.29. The second-order valence-electron chi connectivity index (χ2n) is 5.90. The molecule has 3 N–H and O–H groups in total. The van der Waals surface area contributed by atoms with Crippen LogP contribution in [0.4, 0.5) is 4.79 Å². The number of rotatable bonds is 5. The number of benzene rings is 2. The summed E-state index contributed by atoms with van der Waals surface area (Å²) < 4.78 is 38.3. The Hall–Kier alpha value is -2.62. The molecule has 0 aliphatic heterocycles. The smallest absolute Gasteiger partial charge is 0.432 e. The summed E-state index contributed by atoms with van der Waals surface area (Å²) in [6.45, 7) is 0. The number of ether oxygens (including phenoxy) is 2. The van der Waals surface area contributed by atoms with Crippen LogP contribution in [0, 0.1) is 0 Å². The molecule has 0 fully saturated rings. The lowest BCUT2D eigenvalue weighted by atomic mass is 10.1. The highest BCUT2D eigenvalue weighted by molar-refractivity contribution is 7.89. The van der Waals surface area contributed by atoms with Crippen molar-refractivity contribution in [3.8, 4) is 5.75 Å². The number of hydroxylamine groups is 1. The van der Waals surface area contributed by atoms with Crippen LogP contribution in [-0.4, -0.2) is 32.6 Å². The molecule has 0 saturated carbocycles. The van der Waals surface area contributed by atoms with E-state index in [-0.39, 0.29) is 17.7 Å². The molecular formula is C17H18N2O6S. The van der Waals surface area contributed by atoms with E-state index in [1.807, 2.05) is 24.3 Å². The number of hydrogen-bond acceptors (Lipinski definition) is 6. The van der Waals surface area contributed by atoms with E-state index in [1.54, 1.807) is 0 Å². The van der Waals surface area contributed by atoms with Gasteiger partial charge in [-0.3, -0.25) is 5.21 Å². The molecule has 0 radical (unpaired) electrons. The van der Waals surface area contributed by atoms with Gasteiger partial charge in [0.05, 0.1) is 12.0 Å². The molecule has 0 unspecified atom stereocenters. The van der Waals surface area contributed by atoms with Crippen LogP contribution in [0.1, 0.15) is 11.1 Å². The first-order valence-corrected chi connectivity index (χ1v) is 9.24. The quantitative estimate of drug-likeness (QED) is 0.414. The van der Waals surface area contributed by atoms with Crippen molar-refractivity contribution < 1.29 is 27.9 Å². The van der Waals surface area contributed by atoms with Gasteiger partial charge in [-0.15, -0.1) is 0 Å². The summed E-state index contributed by atoms with van der Waals surface area (Å²) in [4.78, 5) is 11.6. The number of amides is 1. The maximum atomic E-state index is 12.8. The second-order valence-corrected chi connectivity index (χ2v) is 7.58. The Morgan fingerprint density at radius 3 is 2.15 bits per heavy atom. The molecule has 3 rings (SSSR count). The van der Waals surface area contributed by atoms with Gasteiger partial charge in [0.15, 0.2) is 5.72 Å². The van der Waals surface area contributed by atoms with E-state index in [1.165, 1.54) is 36.9 Å². The van der Waals surface area contributed by atoms with Gasteiger partial charge < -0.3 is 9.47 Å². The molecule has 9 heteroatoms. The third kappa shape index (κ3) is 3.64. The first-order chi connectivity index (χ1) is 12.4. The monoisotopic (exact) mass is 378 g/mol. The molecule has 2 aromatic carbocycles. The standard InChI is InChI=1S/C17H18N2O6S/c1-24-14-6-8-15(9-7-14)26(22,23)19-17(25-16(20)18-21)10-12-4-2-3-5-13(12)11-17/h2-9,19,21H,10-11H2,1H3,(H,18,20). The summed E-state index contributed by atoms with van der Waals surface area (Å²) >= 11 is 0. The minimum absolute atomic E-state index is 0.00152. The summed E-state index contributed by atoms with van der Waals surface area (Å²) in [6.07, 6.45) is -0.854. The average Bonchev–Trinajstić information content (AvgIpc) is 2.98. The number of nitrogens with one attached hydrogen (secondary N) is 2. The molecule has 8 nitrogen and oxygen atoms in total. The van der Waals surface area contributed by atoms with E-state index in [4.69, 9.17) is 14.7 Å². The number of sulfonamides is 1. The predicted molar refractivity (Wildman–Crippen MR) is 91.3 cm³/mol. The van der Waals surface area contributed by atoms with Crippen LogP contribution in [0.2, 0.25) is 0 Å². The Bertz CT molecular complexity index is 886. The van der Waals surface area contributed by atoms with Gasteiger partial charge in [-0.1, -0.05) is 24.3 Å². The molecule has 0 spiro atoms. The molecule has 1 amide bonds. The van der Waals surface area contributed by atoms with Crippen LogP contribution in [0.15, 0.2) is 53.4 Å². The minimum atomic E-state index is -3.99. The third-order valence-corrected chi connectivity index (χ3v) is 5.67. The van der Waals surface area contributed by atoms with Crippen LogP contribution in [-0.2, 0) is 27.6 Å². The highest BCUT2D eigenvalue weighted by atomic mass is 32.2. The fourth-order valence-corrected chi connectivity index (χ4v) is 4.29. The van der Waals surface area contributed by atoms with Gasteiger partial charge in [-0.25, -0.2) is 18.7 Å². The Labute approximate surface area is 150 Å². The highest BCUT2D eigenvalue weighted by Gasteiger charge is 2.44. The van der Waals surface area contributed by atoms with E-state index in [0.717, 1.165) is 11.1 Å². The van der Waals surface area contributed by atoms with E-state index < -0.39 is 21.8 Å². The zero-order chi connectivity index (χ0) is 18.8. The van der Waals surface area contributed by atoms with Crippen molar-refractivity contribution in [1.29, 1.82) is 0 Å². The molecule has 0 aromatic heterocycles. The Morgan fingerprint density at radius 1 is 1.08 bits per heavy atom. The van der Waals surface area contributed by atoms with Crippen molar-refractivity contribution in [3.63, 3.8) is 0 Å². The molecule has 1 aliphatic carbocycles. The van der Waals surface area contributed by atoms with Crippen molar-refractivity contribution in [3.05, 3.63) is 59.7 Å². The van der Waals surface area contributed by atoms with Gasteiger partial charge in [0.1, 0.15) is 5.75 Å². The number of methoxy groups -OCH3 is 1. The predicted octanol–water partition coefficient (Wildman–Crippen LogP) is 1.58. The Morgan fingerprint density at radius 2 is 1.65 bits per heavy atom. The molecule has 0 heterocycles. The first kappa shape index (κ1) is 18.2. The van der Waals surface area contributed by atoms with Crippen LogP contribution < -0.4 is 14.9 Å². The van der Waals surface area contributed by atoms with E-state index in [0.29, 0.717) is 5.75 Å². The van der Waals surface area contributed by atoms with Crippen molar-refractivity contribution in [1.82, 2.24) is 10.2 Å². The largest absolute Gasteiger partial charge is 0.497 e. The maximum absolute atomic E-state index is 12.8. The molecular weight excluding hydrogens is 360 g/mol. The zero-order valence-electron chi connectivity index (χ0n) is 13.9. The highest BCUT2D eigenvalue weighted by Crippen LogP contribution is 2.32. The van der Waals surface area contributed by atoms with Crippen molar-refractivity contribution >= 4 is 16.1 Å². The van der Waals surface area contributed by atoms with E-state index in [9.17, 15) is 13.2 Å². The summed E-state index contributed by atoms with van der Waals surface area (Å²) in [7, 11) is -2.51. The van der Waals surface area contributed by atoms with Gasteiger partial charge in [0, 0.05) is 12.8 Å². The van der Waals surface area contributed by atoms with Crippen molar-refractivity contribution in [2.75, 3.05) is 7.11 Å². The molecule has 0 saturated heterocycles. The second kappa shape index (κ2) is 6.94. The third-order valence-electron chi connectivity index (χ3n) is 4.14. The zero-order valence-corrected chi connectivity index (χ0v) is 14.7. The molecule has 0 bridgehead atoms. The number of hydrogen-bond donors (Lipinski definition) is 3. The summed E-state index contributed by atoms with van der Waals surface area (Å²) in [5.41, 5.74) is 1.55. The fourth-order valence-electron chi connectivity index (χ4n) is 3.00. The van der Waals surface area contributed by atoms with Gasteiger partial charge in [0.2, 0.25) is 10.0 Å². The molecule has 1 aliphatic rings. The number of fused-ring (bicyclic) bond motifs is 1. The topological polar surface area (TPSA) is 114 Å². The fraction of sp³-hybridized carbons (Fsp3) is 0.235. The van der Waals surface area contributed by atoms with E-state index >= 15 is 0 Å². The van der Waals surface area contributed by atoms with Gasteiger partial charge in [-0.2, -0.15) is 4.72 Å². The van der Waals surface area contributed by atoms with Gasteiger partial charge in [0.25, 0.3) is 0 Å². The summed E-state index contributed by atoms with van der Waals surface area (Å²) in [5.74, 6) is 0.517. The van der Waals surface area contributed by atoms with Crippen molar-refractivity contribution in [2.24, 2.45) is 0 Å². The van der Waals surface area contributed by atoms with Crippen LogP contribution >= 0.6 is 0 Å². The first-order valence-electron chi connectivity index (χ1n) is 7.75. The SMILES string of the molecule is COc1ccc(S(=O)(=O)NC2(OC(=O)NO)Cc3ccccc3C2)cc1. The Balaban J connectivity index is 1.92. The number of carbonyl (C=O) groups excluding carboxylic acids is 1. The van der Waals surface area contributed by atoms with E-state index in [2.05, 4.69) is 4.72 Å². The normalized spacial score (nSPS) is 15.2.